The molecular formula is C15H18F3N3O2. The summed E-state index contributed by atoms with van der Waals surface area (Å²) in [6.07, 6.45) is -3.30. The van der Waals surface area contributed by atoms with Crippen LogP contribution in [0.2, 0.25) is 0 Å². The zero-order chi connectivity index (χ0) is 17.8. The quantitative estimate of drug-likeness (QED) is 0.901. The number of hydrogen-bond acceptors (Lipinski definition) is 3. The third-order valence-corrected chi connectivity index (χ3v) is 3.12. The van der Waals surface area contributed by atoms with Crippen LogP contribution in [0.5, 0.6) is 0 Å². The first-order chi connectivity index (χ1) is 10.5. The van der Waals surface area contributed by atoms with E-state index < -0.39 is 35.3 Å². The molecule has 0 aromatic carbocycles. The van der Waals surface area contributed by atoms with E-state index in [0.717, 1.165) is 12.3 Å². The van der Waals surface area contributed by atoms with Crippen molar-refractivity contribution in [2.75, 3.05) is 0 Å². The van der Waals surface area contributed by atoms with E-state index in [-0.39, 0.29) is 5.92 Å². The molecule has 0 aliphatic carbocycles. The number of carbonyl (C=O) groups is 1. The van der Waals surface area contributed by atoms with Crippen LogP contribution in [0.1, 0.15) is 32.8 Å². The molecule has 0 spiro atoms. The number of nitrogens with zero attached hydrogens (tertiary/aromatic N) is 2. The molecule has 0 bridgehead atoms. The first kappa shape index (κ1) is 18.7. The minimum absolute atomic E-state index is 0.135. The number of nitrogens with one attached hydrogen (secondary N) is 1. The molecular weight excluding hydrogens is 311 g/mol. The summed E-state index contributed by atoms with van der Waals surface area (Å²) in [6.45, 7) is 4.69. The predicted molar refractivity (Wildman–Crippen MR) is 77.3 cm³/mol. The molecule has 5 nitrogen and oxygen atoms in total. The van der Waals surface area contributed by atoms with Gasteiger partial charge >= 0.3 is 6.18 Å². The number of hydrogen-bond donors (Lipinski definition) is 1. The van der Waals surface area contributed by atoms with E-state index >= 15 is 0 Å². The van der Waals surface area contributed by atoms with Gasteiger partial charge in [-0.3, -0.25) is 9.59 Å². The smallest absolute Gasteiger partial charge is 0.336 e. The van der Waals surface area contributed by atoms with Crippen molar-refractivity contribution in [3.05, 3.63) is 34.2 Å². The van der Waals surface area contributed by atoms with Gasteiger partial charge in [-0.15, -0.1) is 0 Å². The van der Waals surface area contributed by atoms with E-state index in [0.29, 0.717) is 17.1 Å². The Balaban J connectivity index is 2.95. The highest BCUT2D eigenvalue weighted by molar-refractivity contribution is 5.77. The first-order valence-electron chi connectivity index (χ1n) is 6.97. The van der Waals surface area contributed by atoms with Gasteiger partial charge in [-0.05, 0) is 31.4 Å². The molecule has 1 aromatic rings. The molecule has 1 N–H and O–H groups in total. The lowest BCUT2D eigenvalue weighted by molar-refractivity contribution is -0.139. The molecule has 0 aliphatic heterocycles. The Morgan fingerprint density at radius 3 is 2.52 bits per heavy atom. The molecule has 1 atom stereocenters. The van der Waals surface area contributed by atoms with Crippen LogP contribution in [0.15, 0.2) is 23.1 Å². The summed E-state index contributed by atoms with van der Waals surface area (Å²) in [6, 6.07) is 3.69. The molecule has 0 saturated heterocycles. The summed E-state index contributed by atoms with van der Waals surface area (Å²) in [5, 5.41) is 11.6. The Morgan fingerprint density at radius 2 is 2.04 bits per heavy atom. The molecule has 0 radical (unpaired) electrons. The van der Waals surface area contributed by atoms with E-state index in [1.165, 1.54) is 6.92 Å². The second kappa shape index (κ2) is 6.86. The molecule has 0 aliphatic rings. The Labute approximate surface area is 131 Å². The number of pyridine rings is 1. The van der Waals surface area contributed by atoms with Crippen molar-refractivity contribution in [1.29, 1.82) is 5.26 Å². The van der Waals surface area contributed by atoms with Crippen LogP contribution in [0.4, 0.5) is 13.2 Å². The maximum Gasteiger partial charge on any atom is 0.421 e. The lowest BCUT2D eigenvalue weighted by Gasteiger charge is -2.25. The summed E-state index contributed by atoms with van der Waals surface area (Å²) in [7, 11) is 0. The molecule has 1 unspecified atom stereocenters. The van der Waals surface area contributed by atoms with E-state index in [4.69, 9.17) is 0 Å². The molecule has 1 aromatic heterocycles. The van der Waals surface area contributed by atoms with Gasteiger partial charge in [0.25, 0.3) is 5.56 Å². The fraction of sp³-hybridized carbons (Fsp3) is 0.533. The fourth-order valence-corrected chi connectivity index (χ4v) is 2.32. The van der Waals surface area contributed by atoms with Gasteiger partial charge in [-0.1, -0.05) is 13.8 Å². The third kappa shape index (κ3) is 5.13. The zero-order valence-electron chi connectivity index (χ0n) is 13.1. The third-order valence-electron chi connectivity index (χ3n) is 3.12. The SMILES string of the molecule is CC(C)CC(C)(C#N)NC(=O)Cn1cccc(C(F)(F)F)c1=O. The lowest BCUT2D eigenvalue weighted by atomic mass is 9.92. The van der Waals surface area contributed by atoms with Crippen molar-refractivity contribution in [1.82, 2.24) is 9.88 Å². The average molecular weight is 329 g/mol. The topological polar surface area (TPSA) is 74.9 Å². The highest BCUT2D eigenvalue weighted by Gasteiger charge is 2.34. The first-order valence-corrected chi connectivity index (χ1v) is 6.97. The van der Waals surface area contributed by atoms with Crippen LogP contribution < -0.4 is 10.9 Å². The molecule has 0 fully saturated rings. The van der Waals surface area contributed by atoms with Gasteiger partial charge in [0.2, 0.25) is 5.91 Å². The number of halogens is 3. The number of rotatable bonds is 5. The van der Waals surface area contributed by atoms with Gasteiger partial charge in [0.15, 0.2) is 0 Å². The second-order valence-corrected chi connectivity index (χ2v) is 5.94. The van der Waals surface area contributed by atoms with E-state index in [9.17, 15) is 28.0 Å². The molecule has 126 valence electrons. The van der Waals surface area contributed by atoms with Crippen LogP contribution in [-0.2, 0) is 17.5 Å². The molecule has 1 rings (SSSR count). The predicted octanol–water partition coefficient (Wildman–Crippen LogP) is 2.31. The Bertz CT molecular complexity index is 674. The summed E-state index contributed by atoms with van der Waals surface area (Å²) in [5.74, 6) is -0.563. The minimum atomic E-state index is -4.78. The van der Waals surface area contributed by atoms with Gasteiger partial charge in [0, 0.05) is 6.20 Å². The Hall–Kier alpha value is -2.30. The lowest BCUT2D eigenvalue weighted by Crippen LogP contribution is -2.47. The van der Waals surface area contributed by atoms with E-state index in [1.807, 2.05) is 19.9 Å². The summed E-state index contributed by atoms with van der Waals surface area (Å²) in [5.41, 5.74) is -3.77. The Morgan fingerprint density at radius 1 is 1.43 bits per heavy atom. The van der Waals surface area contributed by atoms with Crippen molar-refractivity contribution in [2.45, 2.75) is 45.5 Å². The minimum Gasteiger partial charge on any atom is -0.336 e. The maximum atomic E-state index is 12.7. The summed E-state index contributed by atoms with van der Waals surface area (Å²) >= 11 is 0. The van der Waals surface area contributed by atoms with Crippen molar-refractivity contribution in [2.24, 2.45) is 5.92 Å². The fourth-order valence-electron chi connectivity index (χ4n) is 2.32. The van der Waals surface area contributed by atoms with Crippen LogP contribution in [-0.4, -0.2) is 16.0 Å². The highest BCUT2D eigenvalue weighted by Crippen LogP contribution is 2.26. The van der Waals surface area contributed by atoms with Crippen molar-refractivity contribution in [3.8, 4) is 6.07 Å². The maximum absolute atomic E-state index is 12.7. The largest absolute Gasteiger partial charge is 0.421 e. The van der Waals surface area contributed by atoms with Crippen molar-refractivity contribution >= 4 is 5.91 Å². The number of nitriles is 1. The Kier molecular flexibility index (Phi) is 5.59. The number of carbonyl (C=O) groups excluding carboxylic acids is 1. The zero-order valence-corrected chi connectivity index (χ0v) is 13.1. The van der Waals surface area contributed by atoms with Crippen molar-refractivity contribution in [3.63, 3.8) is 0 Å². The molecule has 1 heterocycles. The van der Waals surface area contributed by atoms with Crippen LogP contribution in [0.3, 0.4) is 0 Å². The van der Waals surface area contributed by atoms with Crippen LogP contribution in [0.25, 0.3) is 0 Å². The van der Waals surface area contributed by atoms with Gasteiger partial charge in [0.1, 0.15) is 17.6 Å². The molecule has 8 heteroatoms. The number of aromatic nitrogens is 1. The monoisotopic (exact) mass is 329 g/mol. The van der Waals surface area contributed by atoms with Crippen molar-refractivity contribution < 1.29 is 18.0 Å². The van der Waals surface area contributed by atoms with Crippen LogP contribution in [0, 0.1) is 17.2 Å². The molecule has 1 amide bonds. The number of alkyl halides is 3. The summed E-state index contributed by atoms with van der Waals surface area (Å²) < 4.78 is 38.7. The van der Waals surface area contributed by atoms with Gasteiger partial charge in [-0.25, -0.2) is 0 Å². The van der Waals surface area contributed by atoms with Gasteiger partial charge < -0.3 is 9.88 Å². The van der Waals surface area contributed by atoms with Crippen LogP contribution >= 0.6 is 0 Å². The summed E-state index contributed by atoms with van der Waals surface area (Å²) in [4.78, 5) is 23.7. The molecule has 23 heavy (non-hydrogen) atoms. The number of amides is 1. The van der Waals surface area contributed by atoms with Gasteiger partial charge in [0.05, 0.1) is 6.07 Å². The van der Waals surface area contributed by atoms with E-state index in [2.05, 4.69) is 5.32 Å². The van der Waals surface area contributed by atoms with Gasteiger partial charge in [-0.2, -0.15) is 18.4 Å². The molecule has 0 saturated carbocycles. The second-order valence-electron chi connectivity index (χ2n) is 5.94. The highest BCUT2D eigenvalue weighted by atomic mass is 19.4. The normalized spacial score (nSPS) is 14.2. The van der Waals surface area contributed by atoms with E-state index in [1.54, 1.807) is 0 Å². The average Bonchev–Trinajstić information content (AvgIpc) is 2.38. The standard InChI is InChI=1S/C15H18F3N3O2/c1-10(2)7-14(3,9-19)20-12(22)8-21-6-4-5-11(13(21)23)15(16,17)18/h4-6,10H,7-8H2,1-3H3,(H,20,22).